The van der Waals surface area contributed by atoms with Crippen LogP contribution in [0.5, 0.6) is 0 Å². The third kappa shape index (κ3) is 2.46. The van der Waals surface area contributed by atoms with Crippen molar-refractivity contribution in [2.75, 3.05) is 13.6 Å². The Bertz CT molecular complexity index is 144. The molecule has 0 spiro atoms. The molecule has 1 aliphatic carbocycles. The van der Waals surface area contributed by atoms with Crippen molar-refractivity contribution < 1.29 is 0 Å². The molecule has 1 nitrogen and oxygen atoms in total. The van der Waals surface area contributed by atoms with Gasteiger partial charge >= 0.3 is 0 Å². The zero-order valence-electron chi connectivity index (χ0n) is 10.5. The van der Waals surface area contributed by atoms with Gasteiger partial charge in [0.15, 0.2) is 0 Å². The van der Waals surface area contributed by atoms with Gasteiger partial charge in [-0.3, -0.25) is 0 Å². The summed E-state index contributed by atoms with van der Waals surface area (Å²) in [6.07, 6.45) is 1.48. The number of likely N-dealkylation sites (tertiary alicyclic amines) is 1. The van der Waals surface area contributed by atoms with Gasteiger partial charge in [-0.1, -0.05) is 34.6 Å². The van der Waals surface area contributed by atoms with Gasteiger partial charge in [0.2, 0.25) is 0 Å². The van der Waals surface area contributed by atoms with E-state index in [1.807, 2.05) is 27.7 Å². The second kappa shape index (κ2) is 4.99. The zero-order valence-corrected chi connectivity index (χ0v) is 10.5. The maximum Gasteiger partial charge on any atom is 0.00982 e. The summed E-state index contributed by atoms with van der Waals surface area (Å²) in [6, 6.07) is 0.856. The van der Waals surface area contributed by atoms with E-state index < -0.39 is 0 Å². The van der Waals surface area contributed by atoms with E-state index >= 15 is 0 Å². The highest BCUT2D eigenvalue weighted by Crippen LogP contribution is 2.59. The van der Waals surface area contributed by atoms with Crippen LogP contribution in [0, 0.1) is 11.3 Å². The molecule has 0 aromatic heterocycles. The first-order valence-electron chi connectivity index (χ1n) is 5.84. The van der Waals surface area contributed by atoms with Crippen molar-refractivity contribution >= 4 is 0 Å². The Balaban J connectivity index is 0.000000322. The quantitative estimate of drug-likeness (QED) is 0.559. The van der Waals surface area contributed by atoms with E-state index in [4.69, 9.17) is 0 Å². The minimum absolute atomic E-state index is 0.730. The van der Waals surface area contributed by atoms with Gasteiger partial charge in [0.05, 0.1) is 0 Å². The fourth-order valence-electron chi connectivity index (χ4n) is 2.40. The molecule has 2 rings (SSSR count). The highest BCUT2D eigenvalue weighted by Gasteiger charge is 2.58. The molecule has 0 amide bonds. The molecule has 1 heterocycles. The Morgan fingerprint density at radius 1 is 1.15 bits per heavy atom. The Hall–Kier alpha value is -0.0400. The molecule has 1 saturated carbocycles. The van der Waals surface area contributed by atoms with Crippen LogP contribution in [0.2, 0.25) is 0 Å². The molecule has 1 heteroatoms. The van der Waals surface area contributed by atoms with Crippen molar-refractivity contribution in [3.63, 3.8) is 0 Å². The Kier molecular flexibility index (Phi) is 4.98. The summed E-state index contributed by atoms with van der Waals surface area (Å²) in [7, 11) is 2.24. The van der Waals surface area contributed by atoms with E-state index in [0.717, 1.165) is 17.4 Å². The summed E-state index contributed by atoms with van der Waals surface area (Å²) in [5.41, 5.74) is 0.730. The van der Waals surface area contributed by atoms with Crippen molar-refractivity contribution in [1.29, 1.82) is 0 Å². The Morgan fingerprint density at radius 2 is 1.62 bits per heavy atom. The second-order valence-corrected chi connectivity index (χ2v) is 4.12. The monoisotopic (exact) mass is 185 g/mol. The molecule has 3 unspecified atom stereocenters. The maximum absolute atomic E-state index is 2.48. The Morgan fingerprint density at radius 3 is 1.77 bits per heavy atom. The first kappa shape index (κ1) is 13.0. The third-order valence-electron chi connectivity index (χ3n) is 3.31. The third-order valence-corrected chi connectivity index (χ3v) is 3.31. The van der Waals surface area contributed by atoms with Crippen molar-refractivity contribution in [3.8, 4) is 0 Å². The lowest BCUT2D eigenvalue weighted by molar-refractivity contribution is 0.277. The fourth-order valence-corrected chi connectivity index (χ4v) is 2.40. The first-order valence-corrected chi connectivity index (χ1v) is 5.84. The van der Waals surface area contributed by atoms with Crippen molar-refractivity contribution in [2.45, 2.75) is 54.0 Å². The smallest absolute Gasteiger partial charge is 0.00982 e. The number of piperidine rings is 1. The molecule has 2 fully saturated rings. The van der Waals surface area contributed by atoms with Crippen LogP contribution in [-0.2, 0) is 0 Å². The van der Waals surface area contributed by atoms with Crippen LogP contribution >= 0.6 is 0 Å². The molecule has 0 N–H and O–H groups in total. The molecule has 3 atom stereocenters. The summed E-state index contributed by atoms with van der Waals surface area (Å²) >= 11 is 0. The molecular weight excluding hydrogens is 158 g/mol. The predicted octanol–water partition coefficient (Wildman–Crippen LogP) is 3.40. The van der Waals surface area contributed by atoms with Gasteiger partial charge in [-0.2, -0.15) is 0 Å². The van der Waals surface area contributed by atoms with Gasteiger partial charge in [-0.05, 0) is 31.7 Å². The lowest BCUT2D eigenvalue weighted by Gasteiger charge is -2.18. The summed E-state index contributed by atoms with van der Waals surface area (Å²) in [6.45, 7) is 14.1. The maximum atomic E-state index is 2.48. The summed E-state index contributed by atoms with van der Waals surface area (Å²) in [4.78, 5) is 2.48. The topological polar surface area (TPSA) is 3.24 Å². The SMILES string of the molecule is CC.CC.CC1C2CC2(C)CN1C. The van der Waals surface area contributed by atoms with E-state index in [1.54, 1.807) is 0 Å². The molecule has 2 aliphatic rings. The number of hydrogen-bond acceptors (Lipinski definition) is 1. The summed E-state index contributed by atoms with van der Waals surface area (Å²) < 4.78 is 0. The van der Waals surface area contributed by atoms with Gasteiger partial charge < -0.3 is 4.90 Å². The number of nitrogens with zero attached hydrogens (tertiary/aromatic N) is 1. The number of fused-ring (bicyclic) bond motifs is 1. The number of hydrogen-bond donors (Lipinski definition) is 0. The molecule has 0 aromatic carbocycles. The average molecular weight is 185 g/mol. The lowest BCUT2D eigenvalue weighted by Crippen LogP contribution is -2.26. The summed E-state index contributed by atoms with van der Waals surface area (Å²) in [5, 5.41) is 0. The van der Waals surface area contributed by atoms with E-state index in [1.165, 1.54) is 13.0 Å². The molecule has 0 aromatic rings. The van der Waals surface area contributed by atoms with Crippen molar-refractivity contribution in [2.24, 2.45) is 11.3 Å². The molecule has 1 saturated heterocycles. The van der Waals surface area contributed by atoms with E-state index in [9.17, 15) is 0 Å². The van der Waals surface area contributed by atoms with Crippen molar-refractivity contribution in [1.82, 2.24) is 4.90 Å². The van der Waals surface area contributed by atoms with Crippen molar-refractivity contribution in [3.05, 3.63) is 0 Å². The second-order valence-electron chi connectivity index (χ2n) is 4.12. The molecule has 0 radical (unpaired) electrons. The lowest BCUT2D eigenvalue weighted by atomic mass is 10.1. The van der Waals surface area contributed by atoms with Crippen LogP contribution in [0.1, 0.15) is 48.0 Å². The molecule has 0 bridgehead atoms. The van der Waals surface area contributed by atoms with Gasteiger partial charge in [0, 0.05) is 12.6 Å². The Labute approximate surface area is 84.5 Å². The molecule has 80 valence electrons. The first-order chi connectivity index (χ1) is 6.13. The average Bonchev–Trinajstić information content (AvgIpc) is 2.77. The highest BCUT2D eigenvalue weighted by atomic mass is 15.2. The van der Waals surface area contributed by atoms with E-state index in [-0.39, 0.29) is 0 Å². The van der Waals surface area contributed by atoms with Crippen LogP contribution < -0.4 is 0 Å². The standard InChI is InChI=1S/C8H15N.2C2H6/c1-6-7-4-8(7,2)5-9(6)3;2*1-2/h6-7H,4-5H2,1-3H3;2*1-2H3. The van der Waals surface area contributed by atoms with Crippen LogP contribution in [0.4, 0.5) is 0 Å². The van der Waals surface area contributed by atoms with E-state index in [2.05, 4.69) is 25.8 Å². The normalized spacial score (nSPS) is 40.8. The molecule has 1 aliphatic heterocycles. The largest absolute Gasteiger partial charge is 0.303 e. The van der Waals surface area contributed by atoms with Crippen LogP contribution in [0.25, 0.3) is 0 Å². The fraction of sp³-hybridized carbons (Fsp3) is 1.00. The van der Waals surface area contributed by atoms with Gasteiger partial charge in [-0.15, -0.1) is 0 Å². The molecular formula is C12H27N. The van der Waals surface area contributed by atoms with Crippen LogP contribution in [-0.4, -0.2) is 24.5 Å². The minimum atomic E-state index is 0.730. The van der Waals surface area contributed by atoms with Crippen LogP contribution in [0.3, 0.4) is 0 Å². The predicted molar refractivity (Wildman–Crippen MR) is 61.0 cm³/mol. The summed E-state index contributed by atoms with van der Waals surface area (Å²) in [5.74, 6) is 1.03. The van der Waals surface area contributed by atoms with E-state index in [0.29, 0.717) is 0 Å². The van der Waals surface area contributed by atoms with Gasteiger partial charge in [0.25, 0.3) is 0 Å². The molecule has 13 heavy (non-hydrogen) atoms. The number of rotatable bonds is 0. The minimum Gasteiger partial charge on any atom is -0.303 e. The zero-order chi connectivity index (χ0) is 10.6. The van der Waals surface area contributed by atoms with Gasteiger partial charge in [0.1, 0.15) is 0 Å². The highest BCUT2D eigenvalue weighted by molar-refractivity contribution is 5.10. The van der Waals surface area contributed by atoms with Gasteiger partial charge in [-0.25, -0.2) is 0 Å². The van der Waals surface area contributed by atoms with Crippen LogP contribution in [0.15, 0.2) is 0 Å².